The van der Waals surface area contributed by atoms with E-state index >= 15 is 0 Å². The molecule has 24 heavy (non-hydrogen) atoms. The van der Waals surface area contributed by atoms with Gasteiger partial charge in [-0.3, -0.25) is 4.90 Å². The first kappa shape index (κ1) is 16.6. The molecule has 2 aromatic rings. The van der Waals surface area contributed by atoms with Crippen LogP contribution in [0.5, 0.6) is 0 Å². The van der Waals surface area contributed by atoms with E-state index in [0.29, 0.717) is 30.6 Å². The van der Waals surface area contributed by atoms with Crippen molar-refractivity contribution in [3.8, 4) is 6.07 Å². The van der Waals surface area contributed by atoms with Crippen molar-refractivity contribution in [3.05, 3.63) is 70.5 Å². The van der Waals surface area contributed by atoms with Crippen LogP contribution in [0.4, 0.5) is 4.39 Å². The Hall–Kier alpha value is -2.22. The number of halogens is 1. The summed E-state index contributed by atoms with van der Waals surface area (Å²) in [5.41, 5.74) is 3.66. The minimum atomic E-state index is -0.283. The lowest BCUT2D eigenvalue weighted by Gasteiger charge is -2.30. The first-order valence-electron chi connectivity index (χ1n) is 8.34. The molecule has 0 spiro atoms. The Bertz CT molecular complexity index is 754. The molecule has 1 atom stereocenters. The largest absolute Gasteiger partial charge is 0.396 e. The molecule has 0 saturated heterocycles. The van der Waals surface area contributed by atoms with Gasteiger partial charge in [0.2, 0.25) is 0 Å². The molecule has 3 rings (SSSR count). The minimum Gasteiger partial charge on any atom is -0.396 e. The molecule has 0 heterocycles. The average Bonchev–Trinajstić information content (AvgIpc) is 3.04. The molecule has 124 valence electrons. The number of aryl methyl sites for hydroxylation is 1. The smallest absolute Gasteiger partial charge is 0.127 e. The third-order valence-electron chi connectivity index (χ3n) is 4.69. The van der Waals surface area contributed by atoms with Crippen LogP contribution in [0.15, 0.2) is 42.5 Å². The predicted molar refractivity (Wildman–Crippen MR) is 90.7 cm³/mol. The molecule has 2 aromatic carbocycles. The van der Waals surface area contributed by atoms with Crippen molar-refractivity contribution >= 4 is 0 Å². The average molecular weight is 324 g/mol. The van der Waals surface area contributed by atoms with Crippen LogP contribution in [-0.4, -0.2) is 23.2 Å². The predicted octanol–water partition coefficient (Wildman–Crippen LogP) is 3.57. The number of aliphatic hydroxyl groups excluding tert-OH is 1. The van der Waals surface area contributed by atoms with Crippen LogP contribution in [0.25, 0.3) is 0 Å². The van der Waals surface area contributed by atoms with Gasteiger partial charge in [0.05, 0.1) is 11.6 Å². The van der Waals surface area contributed by atoms with Crippen molar-refractivity contribution in [1.82, 2.24) is 4.90 Å². The van der Waals surface area contributed by atoms with Gasteiger partial charge < -0.3 is 5.11 Å². The fourth-order valence-corrected chi connectivity index (χ4v) is 3.52. The third kappa shape index (κ3) is 3.48. The van der Waals surface area contributed by atoms with Gasteiger partial charge in [0, 0.05) is 31.3 Å². The molecule has 0 saturated carbocycles. The van der Waals surface area contributed by atoms with Crippen molar-refractivity contribution in [2.45, 2.75) is 31.8 Å². The van der Waals surface area contributed by atoms with Gasteiger partial charge in [-0.1, -0.05) is 24.3 Å². The van der Waals surface area contributed by atoms with E-state index in [2.05, 4.69) is 29.2 Å². The Morgan fingerprint density at radius 2 is 2.08 bits per heavy atom. The van der Waals surface area contributed by atoms with E-state index in [0.717, 1.165) is 12.8 Å². The molecular weight excluding hydrogens is 303 g/mol. The highest BCUT2D eigenvalue weighted by Crippen LogP contribution is 2.36. The monoisotopic (exact) mass is 324 g/mol. The van der Waals surface area contributed by atoms with Crippen LogP contribution in [0, 0.1) is 17.1 Å². The Kier molecular flexibility index (Phi) is 5.24. The summed E-state index contributed by atoms with van der Waals surface area (Å²) >= 11 is 0. The molecule has 0 radical (unpaired) electrons. The maximum Gasteiger partial charge on any atom is 0.127 e. The van der Waals surface area contributed by atoms with E-state index in [4.69, 9.17) is 5.26 Å². The van der Waals surface area contributed by atoms with Gasteiger partial charge in [-0.05, 0) is 48.6 Å². The second kappa shape index (κ2) is 7.57. The lowest BCUT2D eigenvalue weighted by molar-refractivity contribution is 0.164. The fourth-order valence-electron chi connectivity index (χ4n) is 3.52. The van der Waals surface area contributed by atoms with Crippen molar-refractivity contribution in [2.75, 3.05) is 13.2 Å². The number of nitrogens with zero attached hydrogens (tertiary/aromatic N) is 2. The number of benzene rings is 2. The lowest BCUT2D eigenvalue weighted by atomic mass is 10.0. The third-order valence-corrected chi connectivity index (χ3v) is 4.69. The Balaban J connectivity index is 1.87. The quantitative estimate of drug-likeness (QED) is 0.883. The van der Waals surface area contributed by atoms with E-state index in [1.54, 1.807) is 6.07 Å². The van der Waals surface area contributed by atoms with E-state index < -0.39 is 0 Å². The van der Waals surface area contributed by atoms with Crippen LogP contribution < -0.4 is 0 Å². The van der Waals surface area contributed by atoms with E-state index in [1.165, 1.54) is 23.3 Å². The molecule has 0 amide bonds. The maximum atomic E-state index is 14.2. The zero-order valence-electron chi connectivity index (χ0n) is 13.6. The number of hydrogen-bond acceptors (Lipinski definition) is 3. The molecule has 0 aromatic heterocycles. The highest BCUT2D eigenvalue weighted by atomic mass is 19.1. The molecule has 3 nitrogen and oxygen atoms in total. The summed E-state index contributed by atoms with van der Waals surface area (Å²) < 4.78 is 14.2. The highest BCUT2D eigenvalue weighted by Gasteiger charge is 2.27. The molecule has 1 unspecified atom stereocenters. The topological polar surface area (TPSA) is 47.3 Å². The summed E-state index contributed by atoms with van der Waals surface area (Å²) in [7, 11) is 0. The first-order chi connectivity index (χ1) is 11.7. The van der Waals surface area contributed by atoms with E-state index in [9.17, 15) is 9.50 Å². The van der Waals surface area contributed by atoms with Crippen molar-refractivity contribution < 1.29 is 9.50 Å². The number of aliphatic hydroxyl groups is 1. The van der Waals surface area contributed by atoms with Gasteiger partial charge in [0.1, 0.15) is 5.82 Å². The molecule has 1 aliphatic carbocycles. The zero-order chi connectivity index (χ0) is 16.9. The molecule has 0 fully saturated rings. The molecule has 1 aliphatic rings. The highest BCUT2D eigenvalue weighted by molar-refractivity contribution is 5.36. The molecule has 0 bridgehead atoms. The summed E-state index contributed by atoms with van der Waals surface area (Å²) in [6, 6.07) is 15.2. The van der Waals surface area contributed by atoms with Crippen molar-refractivity contribution in [2.24, 2.45) is 0 Å². The van der Waals surface area contributed by atoms with Crippen LogP contribution in [0.2, 0.25) is 0 Å². The normalized spacial score (nSPS) is 16.2. The Morgan fingerprint density at radius 1 is 1.25 bits per heavy atom. The zero-order valence-corrected chi connectivity index (χ0v) is 13.6. The summed E-state index contributed by atoms with van der Waals surface area (Å²) in [5.74, 6) is -0.283. The molecule has 1 N–H and O–H groups in total. The van der Waals surface area contributed by atoms with Crippen LogP contribution in [0.3, 0.4) is 0 Å². The van der Waals surface area contributed by atoms with Crippen LogP contribution in [-0.2, 0) is 13.0 Å². The Morgan fingerprint density at radius 3 is 2.88 bits per heavy atom. The summed E-state index contributed by atoms with van der Waals surface area (Å²) in [6.07, 6.45) is 2.68. The Labute approximate surface area is 142 Å². The van der Waals surface area contributed by atoms with Gasteiger partial charge in [0.25, 0.3) is 0 Å². The molecule has 4 heteroatoms. The summed E-state index contributed by atoms with van der Waals surface area (Å²) in [4.78, 5) is 2.22. The number of hydrogen-bond donors (Lipinski definition) is 1. The lowest BCUT2D eigenvalue weighted by Crippen LogP contribution is -2.29. The molecule has 0 aliphatic heterocycles. The van der Waals surface area contributed by atoms with Gasteiger partial charge in [0.15, 0.2) is 0 Å². The van der Waals surface area contributed by atoms with Crippen molar-refractivity contribution in [1.29, 1.82) is 5.26 Å². The van der Waals surface area contributed by atoms with E-state index in [1.807, 2.05) is 6.07 Å². The second-order valence-corrected chi connectivity index (χ2v) is 6.22. The van der Waals surface area contributed by atoms with Crippen LogP contribution >= 0.6 is 0 Å². The van der Waals surface area contributed by atoms with Gasteiger partial charge in [-0.25, -0.2) is 4.39 Å². The van der Waals surface area contributed by atoms with Gasteiger partial charge >= 0.3 is 0 Å². The van der Waals surface area contributed by atoms with Crippen molar-refractivity contribution in [3.63, 3.8) is 0 Å². The minimum absolute atomic E-state index is 0.117. The summed E-state index contributed by atoms with van der Waals surface area (Å²) in [5, 5.41) is 18.3. The second-order valence-electron chi connectivity index (χ2n) is 6.22. The number of nitriles is 1. The van der Waals surface area contributed by atoms with Crippen LogP contribution in [0.1, 0.15) is 41.1 Å². The number of fused-ring (bicyclic) bond motifs is 1. The SMILES string of the molecule is N#Cc1ccc(F)c(CN(CCCO)C2CCc3ccccc32)c1. The fraction of sp³-hybridized carbons (Fsp3) is 0.350. The molecular formula is C20H21FN2O. The number of rotatable bonds is 6. The summed E-state index contributed by atoms with van der Waals surface area (Å²) in [6.45, 7) is 1.26. The maximum absolute atomic E-state index is 14.2. The van der Waals surface area contributed by atoms with Gasteiger partial charge in [-0.2, -0.15) is 5.26 Å². The standard InChI is InChI=1S/C20H21FN2O/c21-19-8-6-15(13-22)12-17(19)14-23(10-3-11-24)20-9-7-16-4-1-2-5-18(16)20/h1-2,4-6,8,12,20,24H,3,7,9-11,14H2. The van der Waals surface area contributed by atoms with Gasteiger partial charge in [-0.15, -0.1) is 0 Å². The van der Waals surface area contributed by atoms with E-state index in [-0.39, 0.29) is 18.5 Å². The first-order valence-corrected chi connectivity index (χ1v) is 8.34.